The van der Waals surface area contributed by atoms with Gasteiger partial charge < -0.3 is 9.80 Å². The Kier molecular flexibility index (Phi) is 8.13. The summed E-state index contributed by atoms with van der Waals surface area (Å²) < 4.78 is 0. The van der Waals surface area contributed by atoms with E-state index in [2.05, 4.69) is 0 Å². The molecule has 0 aromatic rings. The zero-order valence-corrected chi connectivity index (χ0v) is 19.4. The Morgan fingerprint density at radius 3 is 1.86 bits per heavy atom. The molecule has 1 rings (SSSR count). The molecule has 0 aromatic carbocycles. The Balaban J connectivity index is 2.78. The van der Waals surface area contributed by atoms with Crippen LogP contribution in [0.2, 0.25) is 0 Å². The van der Waals surface area contributed by atoms with Crippen molar-refractivity contribution < 1.29 is 19.2 Å². The average Bonchev–Trinajstić information content (AvgIpc) is 2.63. The van der Waals surface area contributed by atoms with Gasteiger partial charge in [-0.1, -0.05) is 27.7 Å². The molecule has 6 heteroatoms. The van der Waals surface area contributed by atoms with Gasteiger partial charge in [0.2, 0.25) is 11.8 Å². The van der Waals surface area contributed by atoms with E-state index < -0.39 is 5.41 Å². The number of amides is 2. The first-order valence-corrected chi connectivity index (χ1v) is 10.2. The second kappa shape index (κ2) is 9.51. The fourth-order valence-electron chi connectivity index (χ4n) is 3.73. The Morgan fingerprint density at radius 2 is 1.34 bits per heavy atom. The summed E-state index contributed by atoms with van der Waals surface area (Å²) in [6, 6.07) is 0. The Hall–Kier alpha value is -2.24. The summed E-state index contributed by atoms with van der Waals surface area (Å²) in [4.78, 5) is 53.3. The summed E-state index contributed by atoms with van der Waals surface area (Å²) >= 11 is 0. The zero-order chi connectivity index (χ0) is 22.7. The van der Waals surface area contributed by atoms with Gasteiger partial charge in [0.15, 0.2) is 11.6 Å². The van der Waals surface area contributed by atoms with Crippen LogP contribution in [0.3, 0.4) is 0 Å². The van der Waals surface area contributed by atoms with E-state index in [1.54, 1.807) is 44.7 Å². The number of ketones is 2. The van der Waals surface area contributed by atoms with Crippen LogP contribution in [0.25, 0.3) is 0 Å². The van der Waals surface area contributed by atoms with E-state index in [4.69, 9.17) is 0 Å². The van der Waals surface area contributed by atoms with Crippen LogP contribution in [0, 0.1) is 11.3 Å². The lowest BCUT2D eigenvalue weighted by molar-refractivity contribution is -0.133. The monoisotopic (exact) mass is 404 g/mol. The van der Waals surface area contributed by atoms with Crippen molar-refractivity contribution in [3.05, 3.63) is 22.3 Å². The highest BCUT2D eigenvalue weighted by atomic mass is 16.2. The largest absolute Gasteiger partial charge is 0.346 e. The fraction of sp³-hybridized carbons (Fsp3) is 0.652. The molecule has 0 heterocycles. The molecule has 1 aliphatic carbocycles. The quantitative estimate of drug-likeness (QED) is 0.583. The van der Waals surface area contributed by atoms with E-state index in [0.717, 1.165) is 0 Å². The van der Waals surface area contributed by atoms with Crippen molar-refractivity contribution in [1.29, 1.82) is 0 Å². The molecule has 0 unspecified atom stereocenters. The van der Waals surface area contributed by atoms with Crippen LogP contribution < -0.4 is 0 Å². The molecule has 0 aliphatic heterocycles. The summed E-state index contributed by atoms with van der Waals surface area (Å²) in [5.41, 5.74) is 1.08. The number of rotatable bonds is 8. The molecule has 1 aliphatic rings. The molecule has 0 bridgehead atoms. The number of allylic oxidation sites excluding steroid dienone is 4. The van der Waals surface area contributed by atoms with Gasteiger partial charge >= 0.3 is 0 Å². The zero-order valence-electron chi connectivity index (χ0n) is 19.4. The van der Waals surface area contributed by atoms with E-state index in [1.165, 1.54) is 0 Å². The minimum atomic E-state index is -0.742. The van der Waals surface area contributed by atoms with Gasteiger partial charge in [-0.2, -0.15) is 0 Å². The highest BCUT2D eigenvalue weighted by Gasteiger charge is 2.38. The van der Waals surface area contributed by atoms with E-state index in [0.29, 0.717) is 41.8 Å². The number of nitrogens with zero attached hydrogens (tertiary/aromatic N) is 2. The standard InChI is InChI=1S/C23H36N2O4/c1-14(2)22(29)25(9)12-10-11-24(8)18(26)13-23(6,7)19-17(5)20(27)15(3)16(4)21(19)28/h14H,10-13H2,1-9H3. The van der Waals surface area contributed by atoms with Gasteiger partial charge in [-0.25, -0.2) is 0 Å². The van der Waals surface area contributed by atoms with E-state index in [1.807, 2.05) is 27.7 Å². The maximum Gasteiger partial charge on any atom is 0.224 e. The van der Waals surface area contributed by atoms with Crippen LogP contribution in [0.5, 0.6) is 0 Å². The van der Waals surface area contributed by atoms with E-state index in [-0.39, 0.29) is 35.7 Å². The molecule has 6 nitrogen and oxygen atoms in total. The molecule has 0 N–H and O–H groups in total. The summed E-state index contributed by atoms with van der Waals surface area (Å²) in [5.74, 6) is -0.315. The van der Waals surface area contributed by atoms with Gasteiger partial charge in [0.1, 0.15) is 0 Å². The number of Topliss-reactive ketones (excluding diaryl/α,β-unsaturated/α-hetero) is 2. The number of hydrogen-bond acceptors (Lipinski definition) is 4. The van der Waals surface area contributed by atoms with Crippen molar-refractivity contribution in [2.75, 3.05) is 27.2 Å². The van der Waals surface area contributed by atoms with Gasteiger partial charge in [-0.15, -0.1) is 0 Å². The van der Waals surface area contributed by atoms with Crippen molar-refractivity contribution in [3.63, 3.8) is 0 Å². The van der Waals surface area contributed by atoms with Crippen LogP contribution in [0.1, 0.15) is 61.3 Å². The van der Waals surface area contributed by atoms with Crippen molar-refractivity contribution in [2.24, 2.45) is 11.3 Å². The highest BCUT2D eigenvalue weighted by Crippen LogP contribution is 2.39. The average molecular weight is 405 g/mol. The Labute approximate surface area is 175 Å². The molecule has 0 saturated carbocycles. The molecular weight excluding hydrogens is 368 g/mol. The third-order valence-electron chi connectivity index (χ3n) is 5.74. The summed E-state index contributed by atoms with van der Waals surface area (Å²) in [5, 5.41) is 0. The lowest BCUT2D eigenvalue weighted by atomic mass is 9.71. The molecular formula is C23H36N2O4. The first-order valence-electron chi connectivity index (χ1n) is 10.2. The molecule has 0 radical (unpaired) electrons. The number of carbonyl (C=O) groups is 4. The molecule has 29 heavy (non-hydrogen) atoms. The lowest BCUT2D eigenvalue weighted by Crippen LogP contribution is -2.37. The third-order valence-corrected chi connectivity index (χ3v) is 5.74. The fourth-order valence-corrected chi connectivity index (χ4v) is 3.73. The van der Waals surface area contributed by atoms with Crippen LogP contribution in [-0.2, 0) is 19.2 Å². The predicted octanol–water partition coefficient (Wildman–Crippen LogP) is 3.17. The molecule has 162 valence electrons. The summed E-state index contributed by atoms with van der Waals surface area (Å²) in [7, 11) is 3.50. The molecule has 0 fully saturated rings. The first kappa shape index (κ1) is 24.8. The molecule has 0 aromatic heterocycles. The van der Waals surface area contributed by atoms with Gasteiger partial charge in [-0.3, -0.25) is 19.2 Å². The number of carbonyl (C=O) groups excluding carboxylic acids is 4. The summed E-state index contributed by atoms with van der Waals surface area (Å²) in [6.45, 7) is 13.5. The van der Waals surface area contributed by atoms with Crippen molar-refractivity contribution in [3.8, 4) is 0 Å². The van der Waals surface area contributed by atoms with Crippen molar-refractivity contribution in [1.82, 2.24) is 9.80 Å². The smallest absolute Gasteiger partial charge is 0.224 e. The van der Waals surface area contributed by atoms with Gasteiger partial charge in [0, 0.05) is 67.2 Å². The van der Waals surface area contributed by atoms with E-state index in [9.17, 15) is 19.2 Å². The first-order chi connectivity index (χ1) is 13.2. The maximum atomic E-state index is 12.8. The van der Waals surface area contributed by atoms with Crippen molar-refractivity contribution >= 4 is 23.4 Å². The van der Waals surface area contributed by atoms with Crippen LogP contribution in [0.4, 0.5) is 0 Å². The minimum absolute atomic E-state index is 0.0476. The predicted molar refractivity (Wildman–Crippen MR) is 114 cm³/mol. The third kappa shape index (κ3) is 5.64. The summed E-state index contributed by atoms with van der Waals surface area (Å²) in [6.07, 6.45) is 0.820. The Bertz CT molecular complexity index is 772. The molecule has 0 saturated heterocycles. The van der Waals surface area contributed by atoms with Crippen LogP contribution in [0.15, 0.2) is 22.3 Å². The lowest BCUT2D eigenvalue weighted by Gasteiger charge is -2.32. The van der Waals surface area contributed by atoms with Crippen molar-refractivity contribution in [2.45, 2.75) is 61.3 Å². The number of hydrogen-bond donors (Lipinski definition) is 0. The van der Waals surface area contributed by atoms with E-state index >= 15 is 0 Å². The topological polar surface area (TPSA) is 74.8 Å². The molecule has 0 spiro atoms. The Morgan fingerprint density at radius 1 is 0.862 bits per heavy atom. The van der Waals surface area contributed by atoms with Crippen LogP contribution >= 0.6 is 0 Å². The van der Waals surface area contributed by atoms with Gasteiger partial charge in [0.25, 0.3) is 0 Å². The normalized spacial score (nSPS) is 15.4. The SMILES string of the molecule is CC1=C(C)C(=O)C(C(C)(C)CC(=O)N(C)CCCN(C)C(=O)C(C)C)=C(C)C1=O. The second-order valence-electron chi connectivity index (χ2n) is 9.05. The van der Waals surface area contributed by atoms with Gasteiger partial charge in [-0.05, 0) is 27.2 Å². The second-order valence-corrected chi connectivity index (χ2v) is 9.05. The minimum Gasteiger partial charge on any atom is -0.346 e. The highest BCUT2D eigenvalue weighted by molar-refractivity contribution is 6.25. The van der Waals surface area contributed by atoms with Gasteiger partial charge in [0.05, 0.1) is 0 Å². The van der Waals surface area contributed by atoms with Crippen LogP contribution in [-0.4, -0.2) is 60.4 Å². The molecule has 0 atom stereocenters. The molecule has 2 amide bonds. The maximum absolute atomic E-state index is 12.8.